The third-order valence-corrected chi connectivity index (χ3v) is 3.72. The second-order valence-corrected chi connectivity index (χ2v) is 5.72. The Hall–Kier alpha value is -3.02. The van der Waals surface area contributed by atoms with E-state index >= 15 is 0 Å². The lowest BCUT2D eigenvalue weighted by atomic mass is 10.1. The van der Waals surface area contributed by atoms with Gasteiger partial charge in [-0.25, -0.2) is 13.8 Å². The summed E-state index contributed by atoms with van der Waals surface area (Å²) in [5.41, 5.74) is 1.53. The number of hydrogen-bond donors (Lipinski definition) is 2. The number of aromatic nitrogens is 2. The van der Waals surface area contributed by atoms with Crippen LogP contribution in [0.25, 0.3) is 0 Å². The third kappa shape index (κ3) is 4.09. The molecule has 0 aliphatic carbocycles. The summed E-state index contributed by atoms with van der Waals surface area (Å²) < 4.78 is 27.6. The predicted molar refractivity (Wildman–Crippen MR) is 94.9 cm³/mol. The molecule has 2 N–H and O–H groups in total. The molecular formula is C19H18F2N4. The van der Waals surface area contributed by atoms with E-state index in [2.05, 4.69) is 20.6 Å². The molecule has 0 amide bonds. The van der Waals surface area contributed by atoms with E-state index < -0.39 is 11.6 Å². The number of rotatable bonds is 5. The van der Waals surface area contributed by atoms with E-state index in [4.69, 9.17) is 0 Å². The van der Waals surface area contributed by atoms with Gasteiger partial charge in [-0.3, -0.25) is 0 Å². The van der Waals surface area contributed by atoms with Gasteiger partial charge in [-0.2, -0.15) is 4.98 Å². The number of nitrogens with one attached hydrogen (secondary N) is 2. The van der Waals surface area contributed by atoms with Gasteiger partial charge in [0, 0.05) is 11.8 Å². The third-order valence-electron chi connectivity index (χ3n) is 3.72. The van der Waals surface area contributed by atoms with Crippen LogP contribution in [0.5, 0.6) is 0 Å². The Kier molecular flexibility index (Phi) is 4.88. The summed E-state index contributed by atoms with van der Waals surface area (Å²) in [5.74, 6) is -0.651. The van der Waals surface area contributed by atoms with E-state index in [0.29, 0.717) is 17.5 Å². The fourth-order valence-corrected chi connectivity index (χ4v) is 2.46. The molecule has 0 aliphatic rings. The number of anilines is 3. The predicted octanol–water partition coefficient (Wildman–Crippen LogP) is 4.98. The lowest BCUT2D eigenvalue weighted by molar-refractivity contribution is 0.590. The summed E-state index contributed by atoms with van der Waals surface area (Å²) in [5, 5.41) is 5.90. The van der Waals surface area contributed by atoms with Gasteiger partial charge in [0.05, 0.1) is 6.04 Å². The Morgan fingerprint density at radius 1 is 0.920 bits per heavy atom. The standard InChI is InChI=1S/C19H18F2N4/c1-12-11-17(24-18-15(20)9-6-10-16(18)21)25-19(22-12)23-13(2)14-7-4-3-5-8-14/h3-11,13H,1-2H3,(H2,22,23,24,25). The molecule has 25 heavy (non-hydrogen) atoms. The maximum atomic E-state index is 13.8. The lowest BCUT2D eigenvalue weighted by Gasteiger charge is -2.16. The highest BCUT2D eigenvalue weighted by Crippen LogP contribution is 2.24. The van der Waals surface area contributed by atoms with E-state index in [9.17, 15) is 8.78 Å². The Bertz CT molecular complexity index is 848. The normalized spacial score (nSPS) is 11.8. The number of aryl methyl sites for hydroxylation is 1. The van der Waals surface area contributed by atoms with Crippen LogP contribution in [-0.2, 0) is 0 Å². The first kappa shape index (κ1) is 16.8. The minimum Gasteiger partial charge on any atom is -0.348 e. The zero-order chi connectivity index (χ0) is 17.8. The molecule has 1 atom stereocenters. The van der Waals surface area contributed by atoms with Crippen LogP contribution >= 0.6 is 0 Å². The van der Waals surface area contributed by atoms with Crippen LogP contribution in [-0.4, -0.2) is 9.97 Å². The minimum absolute atomic E-state index is 0.0129. The second kappa shape index (κ2) is 7.25. The molecular weight excluding hydrogens is 322 g/mol. The quantitative estimate of drug-likeness (QED) is 0.688. The Morgan fingerprint density at radius 2 is 1.60 bits per heavy atom. The van der Waals surface area contributed by atoms with Crippen molar-refractivity contribution in [3.63, 3.8) is 0 Å². The van der Waals surface area contributed by atoms with Crippen molar-refractivity contribution >= 4 is 17.5 Å². The first-order valence-corrected chi connectivity index (χ1v) is 7.91. The molecule has 6 heteroatoms. The highest BCUT2D eigenvalue weighted by atomic mass is 19.1. The zero-order valence-corrected chi connectivity index (χ0v) is 13.9. The number of para-hydroxylation sites is 1. The maximum absolute atomic E-state index is 13.8. The van der Waals surface area contributed by atoms with Gasteiger partial charge in [-0.15, -0.1) is 0 Å². The van der Waals surface area contributed by atoms with Crippen molar-refractivity contribution in [1.82, 2.24) is 9.97 Å². The van der Waals surface area contributed by atoms with Crippen LogP contribution in [0, 0.1) is 18.6 Å². The summed E-state index contributed by atoms with van der Waals surface area (Å²) in [7, 11) is 0. The molecule has 0 fully saturated rings. The van der Waals surface area contributed by atoms with Crippen molar-refractivity contribution < 1.29 is 8.78 Å². The van der Waals surface area contributed by atoms with Gasteiger partial charge in [0.2, 0.25) is 5.95 Å². The fraction of sp³-hybridized carbons (Fsp3) is 0.158. The van der Waals surface area contributed by atoms with Crippen LogP contribution in [0.1, 0.15) is 24.2 Å². The first-order chi connectivity index (χ1) is 12.0. The van der Waals surface area contributed by atoms with Crippen LogP contribution in [0.4, 0.5) is 26.2 Å². The van der Waals surface area contributed by atoms with Crippen molar-refractivity contribution in [3.05, 3.63) is 77.5 Å². The van der Waals surface area contributed by atoms with Gasteiger partial charge < -0.3 is 10.6 Å². The number of halogens is 2. The SMILES string of the molecule is Cc1cc(Nc2c(F)cccc2F)nc(NC(C)c2ccccc2)n1. The average Bonchev–Trinajstić information content (AvgIpc) is 2.58. The van der Waals surface area contributed by atoms with E-state index in [0.717, 1.165) is 5.56 Å². The first-order valence-electron chi connectivity index (χ1n) is 7.91. The molecule has 0 radical (unpaired) electrons. The molecule has 3 rings (SSSR count). The monoisotopic (exact) mass is 340 g/mol. The summed E-state index contributed by atoms with van der Waals surface area (Å²) in [6, 6.07) is 15.2. The highest BCUT2D eigenvalue weighted by molar-refractivity contribution is 5.59. The average molecular weight is 340 g/mol. The molecule has 0 saturated carbocycles. The van der Waals surface area contributed by atoms with Gasteiger partial charge in [0.25, 0.3) is 0 Å². The molecule has 3 aromatic rings. The Morgan fingerprint density at radius 3 is 2.28 bits per heavy atom. The molecule has 1 aromatic heterocycles. The zero-order valence-electron chi connectivity index (χ0n) is 13.9. The molecule has 4 nitrogen and oxygen atoms in total. The largest absolute Gasteiger partial charge is 0.348 e. The van der Waals surface area contributed by atoms with Gasteiger partial charge >= 0.3 is 0 Å². The molecule has 128 valence electrons. The minimum atomic E-state index is -0.677. The number of nitrogens with zero attached hydrogens (tertiary/aromatic N) is 2. The number of benzene rings is 2. The maximum Gasteiger partial charge on any atom is 0.225 e. The van der Waals surface area contributed by atoms with Crippen molar-refractivity contribution in [2.75, 3.05) is 10.6 Å². The van der Waals surface area contributed by atoms with Crippen LogP contribution in [0.3, 0.4) is 0 Å². The lowest BCUT2D eigenvalue weighted by Crippen LogP contribution is -2.11. The Balaban J connectivity index is 1.83. The van der Waals surface area contributed by atoms with Gasteiger partial charge in [-0.05, 0) is 31.5 Å². The van der Waals surface area contributed by atoms with E-state index in [1.54, 1.807) is 13.0 Å². The van der Waals surface area contributed by atoms with E-state index in [-0.39, 0.29) is 11.7 Å². The molecule has 1 heterocycles. The highest BCUT2D eigenvalue weighted by Gasteiger charge is 2.12. The van der Waals surface area contributed by atoms with Crippen molar-refractivity contribution in [3.8, 4) is 0 Å². The van der Waals surface area contributed by atoms with Crippen LogP contribution in [0.2, 0.25) is 0 Å². The fourth-order valence-electron chi connectivity index (χ4n) is 2.46. The van der Waals surface area contributed by atoms with Crippen molar-refractivity contribution in [2.45, 2.75) is 19.9 Å². The molecule has 0 aliphatic heterocycles. The Labute approximate surface area is 145 Å². The summed E-state index contributed by atoms with van der Waals surface area (Å²) in [4.78, 5) is 8.65. The van der Waals surface area contributed by atoms with E-state index in [1.165, 1.54) is 18.2 Å². The van der Waals surface area contributed by atoms with Gasteiger partial charge in [0.1, 0.15) is 23.1 Å². The van der Waals surface area contributed by atoms with Crippen LogP contribution in [0.15, 0.2) is 54.6 Å². The molecule has 0 spiro atoms. The smallest absolute Gasteiger partial charge is 0.225 e. The molecule has 0 bridgehead atoms. The molecule has 0 saturated heterocycles. The molecule has 2 aromatic carbocycles. The van der Waals surface area contributed by atoms with E-state index in [1.807, 2.05) is 37.3 Å². The van der Waals surface area contributed by atoms with Crippen molar-refractivity contribution in [1.29, 1.82) is 0 Å². The van der Waals surface area contributed by atoms with Crippen LogP contribution < -0.4 is 10.6 Å². The van der Waals surface area contributed by atoms with Crippen molar-refractivity contribution in [2.24, 2.45) is 0 Å². The molecule has 1 unspecified atom stereocenters. The second-order valence-electron chi connectivity index (χ2n) is 5.72. The summed E-state index contributed by atoms with van der Waals surface area (Å²) in [6.07, 6.45) is 0. The van der Waals surface area contributed by atoms with Gasteiger partial charge in [0.15, 0.2) is 0 Å². The number of hydrogen-bond acceptors (Lipinski definition) is 4. The van der Waals surface area contributed by atoms with Gasteiger partial charge in [-0.1, -0.05) is 36.4 Å². The topological polar surface area (TPSA) is 49.8 Å². The summed E-state index contributed by atoms with van der Waals surface area (Å²) in [6.45, 7) is 3.79. The summed E-state index contributed by atoms with van der Waals surface area (Å²) >= 11 is 0.